The third kappa shape index (κ3) is 5.30. The zero-order chi connectivity index (χ0) is 10.4. The molecule has 0 aliphatic heterocycles. The molecule has 0 aliphatic carbocycles. The lowest BCUT2D eigenvalue weighted by Gasteiger charge is -2.10. The molecule has 5 amide bonds. The Balaban J connectivity index is 3.74. The standard InChI is InChI=1S/C5H11N5O3/c1-2(3(6)11)8-5(13)10-9-4(7)12/h2H,1H3,(H2,6,11)(H3,7,9,12)(H2,8,10,13)/t2-/m0/s1. The van der Waals surface area contributed by atoms with E-state index in [0.717, 1.165) is 0 Å². The van der Waals surface area contributed by atoms with Crippen molar-refractivity contribution in [3.8, 4) is 0 Å². The highest BCUT2D eigenvalue weighted by molar-refractivity contribution is 5.86. The number of hydrogen-bond acceptors (Lipinski definition) is 3. The largest absolute Gasteiger partial charge is 0.368 e. The van der Waals surface area contributed by atoms with E-state index in [0.29, 0.717) is 0 Å². The fraction of sp³-hybridized carbons (Fsp3) is 0.400. The Morgan fingerprint density at radius 2 is 1.69 bits per heavy atom. The van der Waals surface area contributed by atoms with Crippen molar-refractivity contribution in [3.63, 3.8) is 0 Å². The van der Waals surface area contributed by atoms with Crippen molar-refractivity contribution in [1.82, 2.24) is 16.2 Å². The molecule has 0 radical (unpaired) electrons. The second kappa shape index (κ2) is 4.80. The SMILES string of the molecule is C[C@H](NC(=O)NNC(N)=O)C(N)=O. The van der Waals surface area contributed by atoms with E-state index >= 15 is 0 Å². The summed E-state index contributed by atoms with van der Waals surface area (Å²) < 4.78 is 0. The molecule has 0 fully saturated rings. The first kappa shape index (κ1) is 11.0. The van der Waals surface area contributed by atoms with Gasteiger partial charge >= 0.3 is 12.1 Å². The van der Waals surface area contributed by atoms with Gasteiger partial charge in [-0.2, -0.15) is 0 Å². The van der Waals surface area contributed by atoms with Gasteiger partial charge < -0.3 is 16.8 Å². The van der Waals surface area contributed by atoms with Crippen molar-refractivity contribution in [1.29, 1.82) is 0 Å². The Morgan fingerprint density at radius 1 is 1.15 bits per heavy atom. The fourth-order valence-corrected chi connectivity index (χ4v) is 0.422. The molecule has 0 bridgehead atoms. The minimum absolute atomic E-state index is 0.686. The van der Waals surface area contributed by atoms with Gasteiger partial charge in [0.1, 0.15) is 6.04 Å². The lowest BCUT2D eigenvalue weighted by Crippen LogP contribution is -2.53. The van der Waals surface area contributed by atoms with Crippen molar-refractivity contribution in [2.45, 2.75) is 13.0 Å². The second-order valence-electron chi connectivity index (χ2n) is 2.21. The maximum Gasteiger partial charge on any atom is 0.334 e. The first-order valence-corrected chi connectivity index (χ1v) is 3.34. The summed E-state index contributed by atoms with van der Waals surface area (Å²) in [6.45, 7) is 1.40. The smallest absolute Gasteiger partial charge is 0.334 e. The van der Waals surface area contributed by atoms with Crippen LogP contribution in [0.15, 0.2) is 0 Å². The van der Waals surface area contributed by atoms with Crippen LogP contribution in [0.1, 0.15) is 6.92 Å². The number of hydrogen-bond donors (Lipinski definition) is 5. The zero-order valence-electron chi connectivity index (χ0n) is 6.96. The predicted octanol–water partition coefficient (Wildman–Crippen LogP) is -2.26. The summed E-state index contributed by atoms with van der Waals surface area (Å²) in [5, 5.41) is 2.14. The molecular formula is C5H11N5O3. The third-order valence-electron chi connectivity index (χ3n) is 1.07. The van der Waals surface area contributed by atoms with Crippen LogP contribution in [0.3, 0.4) is 0 Å². The topological polar surface area (TPSA) is 139 Å². The summed E-state index contributed by atoms with van der Waals surface area (Å²) in [7, 11) is 0. The van der Waals surface area contributed by atoms with E-state index in [1.807, 2.05) is 10.9 Å². The quantitative estimate of drug-likeness (QED) is 0.313. The van der Waals surface area contributed by atoms with E-state index in [1.165, 1.54) is 6.92 Å². The summed E-state index contributed by atoms with van der Waals surface area (Å²) in [5.41, 5.74) is 13.2. The highest BCUT2D eigenvalue weighted by atomic mass is 16.2. The molecule has 0 spiro atoms. The Hall–Kier alpha value is -1.99. The van der Waals surface area contributed by atoms with Crippen molar-refractivity contribution < 1.29 is 14.4 Å². The number of nitrogens with two attached hydrogens (primary N) is 2. The van der Waals surface area contributed by atoms with Crippen LogP contribution in [-0.2, 0) is 4.79 Å². The van der Waals surface area contributed by atoms with E-state index in [9.17, 15) is 14.4 Å². The average Bonchev–Trinajstić information content (AvgIpc) is 2.00. The first-order chi connectivity index (χ1) is 5.93. The van der Waals surface area contributed by atoms with E-state index in [4.69, 9.17) is 5.73 Å². The minimum Gasteiger partial charge on any atom is -0.368 e. The number of primary amides is 2. The van der Waals surface area contributed by atoms with Gasteiger partial charge in [0, 0.05) is 0 Å². The normalized spacial score (nSPS) is 11.2. The molecule has 1 atom stereocenters. The molecule has 8 nitrogen and oxygen atoms in total. The molecule has 0 saturated carbocycles. The molecule has 0 saturated heterocycles. The lowest BCUT2D eigenvalue weighted by atomic mass is 10.3. The molecule has 13 heavy (non-hydrogen) atoms. The molecule has 0 aromatic rings. The number of nitrogens with one attached hydrogen (secondary N) is 3. The Morgan fingerprint density at radius 3 is 2.08 bits per heavy atom. The van der Waals surface area contributed by atoms with E-state index in [-0.39, 0.29) is 0 Å². The molecule has 74 valence electrons. The Bertz CT molecular complexity index is 228. The number of hydrazine groups is 1. The number of carbonyl (C=O) groups excluding carboxylic acids is 3. The molecular weight excluding hydrogens is 178 g/mol. The van der Waals surface area contributed by atoms with Crippen LogP contribution in [-0.4, -0.2) is 24.0 Å². The van der Waals surface area contributed by atoms with Gasteiger partial charge in [-0.1, -0.05) is 0 Å². The zero-order valence-corrected chi connectivity index (χ0v) is 6.96. The monoisotopic (exact) mass is 189 g/mol. The molecule has 8 heteroatoms. The fourth-order valence-electron chi connectivity index (χ4n) is 0.422. The minimum atomic E-state index is -0.915. The maximum absolute atomic E-state index is 10.8. The van der Waals surface area contributed by atoms with Crippen LogP contribution in [0.5, 0.6) is 0 Å². The molecule has 0 aromatic heterocycles. The second-order valence-corrected chi connectivity index (χ2v) is 2.21. The van der Waals surface area contributed by atoms with Gasteiger partial charge in [0.25, 0.3) is 0 Å². The van der Waals surface area contributed by atoms with Crippen molar-refractivity contribution in [2.24, 2.45) is 11.5 Å². The average molecular weight is 189 g/mol. The van der Waals surface area contributed by atoms with Crippen LogP contribution in [0.4, 0.5) is 9.59 Å². The number of amides is 5. The summed E-state index contributed by atoms with van der Waals surface area (Å²) in [5.74, 6) is -0.686. The Kier molecular flexibility index (Phi) is 4.07. The van der Waals surface area contributed by atoms with Crippen LogP contribution in [0, 0.1) is 0 Å². The summed E-state index contributed by atoms with van der Waals surface area (Å²) in [6, 6.07) is -2.51. The molecule has 7 N–H and O–H groups in total. The van der Waals surface area contributed by atoms with Crippen LogP contribution < -0.4 is 27.6 Å². The summed E-state index contributed by atoms with van der Waals surface area (Å²) in [4.78, 5) is 31.3. The first-order valence-electron chi connectivity index (χ1n) is 3.34. The van der Waals surface area contributed by atoms with Crippen LogP contribution >= 0.6 is 0 Å². The predicted molar refractivity (Wildman–Crippen MR) is 43.0 cm³/mol. The molecule has 0 aromatic carbocycles. The third-order valence-corrected chi connectivity index (χ3v) is 1.07. The van der Waals surface area contributed by atoms with Crippen molar-refractivity contribution in [2.75, 3.05) is 0 Å². The van der Waals surface area contributed by atoms with E-state index in [2.05, 4.69) is 11.1 Å². The van der Waals surface area contributed by atoms with Gasteiger partial charge in [0.15, 0.2) is 0 Å². The molecule has 0 rings (SSSR count). The summed E-state index contributed by atoms with van der Waals surface area (Å²) >= 11 is 0. The van der Waals surface area contributed by atoms with Gasteiger partial charge in [0.2, 0.25) is 5.91 Å². The number of rotatable bonds is 2. The molecule has 0 aliphatic rings. The number of carbonyl (C=O) groups is 3. The van der Waals surface area contributed by atoms with Gasteiger partial charge in [-0.3, -0.25) is 4.79 Å². The van der Waals surface area contributed by atoms with Crippen LogP contribution in [0.25, 0.3) is 0 Å². The molecule has 0 unspecified atom stereocenters. The van der Waals surface area contributed by atoms with E-state index < -0.39 is 24.0 Å². The number of urea groups is 2. The van der Waals surface area contributed by atoms with Crippen LogP contribution in [0.2, 0.25) is 0 Å². The maximum atomic E-state index is 10.8. The van der Waals surface area contributed by atoms with Crippen molar-refractivity contribution >= 4 is 18.0 Å². The van der Waals surface area contributed by atoms with Gasteiger partial charge in [0.05, 0.1) is 0 Å². The lowest BCUT2D eigenvalue weighted by molar-refractivity contribution is -0.119. The van der Waals surface area contributed by atoms with E-state index in [1.54, 1.807) is 0 Å². The highest BCUT2D eigenvalue weighted by Crippen LogP contribution is 1.76. The molecule has 0 heterocycles. The van der Waals surface area contributed by atoms with Gasteiger partial charge in [-0.05, 0) is 6.92 Å². The highest BCUT2D eigenvalue weighted by Gasteiger charge is 2.11. The van der Waals surface area contributed by atoms with Crippen molar-refractivity contribution in [3.05, 3.63) is 0 Å². The Labute approximate surface area is 74.0 Å². The summed E-state index contributed by atoms with van der Waals surface area (Å²) in [6.07, 6.45) is 0. The van der Waals surface area contributed by atoms with Gasteiger partial charge in [-0.15, -0.1) is 0 Å². The van der Waals surface area contributed by atoms with Gasteiger partial charge in [-0.25, -0.2) is 20.4 Å².